The topological polar surface area (TPSA) is 75.7 Å². The molecule has 1 atom stereocenters. The smallest absolute Gasteiger partial charge is 0.258 e. The van der Waals surface area contributed by atoms with Gasteiger partial charge in [-0.2, -0.15) is 0 Å². The van der Waals surface area contributed by atoms with E-state index in [-0.39, 0.29) is 25.1 Å². The van der Waals surface area contributed by atoms with E-state index in [1.807, 2.05) is 13.0 Å². The average molecular weight is 419 g/mol. The Morgan fingerprint density at radius 2 is 1.76 bits per heavy atom. The molecule has 0 fully saturated rings. The summed E-state index contributed by atoms with van der Waals surface area (Å²) in [5.41, 5.74) is 4.36. The minimum atomic E-state index is -3.23. The zero-order chi connectivity index (χ0) is 21.6. The molecule has 2 aromatic carbocycles. The third kappa shape index (κ3) is 6.87. The van der Waals surface area contributed by atoms with Gasteiger partial charge in [-0.3, -0.25) is 4.79 Å². The number of nitrogens with zero attached hydrogens (tertiary/aromatic N) is 1. The molecule has 0 radical (unpaired) electrons. The second-order valence-corrected chi connectivity index (χ2v) is 9.41. The molecular weight excluding hydrogens is 388 g/mol. The van der Waals surface area contributed by atoms with E-state index in [1.165, 1.54) is 28.7 Å². The molecule has 0 heterocycles. The number of hydrogen-bond acceptors (Lipinski definition) is 4. The largest absolute Gasteiger partial charge is 0.484 e. The first-order chi connectivity index (χ1) is 13.6. The van der Waals surface area contributed by atoms with Crippen LogP contribution in [0.1, 0.15) is 41.6 Å². The minimum absolute atomic E-state index is 0.0562. The number of sulfonamides is 1. The van der Waals surface area contributed by atoms with E-state index in [1.54, 1.807) is 24.3 Å². The summed E-state index contributed by atoms with van der Waals surface area (Å²) in [6, 6.07) is 13.2. The molecule has 1 amide bonds. The SMILES string of the molecule is CC[C@@H](NC(=O)COc1ccc(CN(C)S(C)(=O)=O)cc1)c1ccc(C)c(C)c1. The van der Waals surface area contributed by atoms with Crippen molar-refractivity contribution in [2.75, 3.05) is 19.9 Å². The summed E-state index contributed by atoms with van der Waals surface area (Å²) in [6.07, 6.45) is 1.96. The van der Waals surface area contributed by atoms with E-state index in [0.717, 1.165) is 17.5 Å². The van der Waals surface area contributed by atoms with Gasteiger partial charge in [0.2, 0.25) is 10.0 Å². The lowest BCUT2D eigenvalue weighted by molar-refractivity contribution is -0.123. The van der Waals surface area contributed by atoms with Gasteiger partial charge >= 0.3 is 0 Å². The van der Waals surface area contributed by atoms with Crippen molar-refractivity contribution in [3.8, 4) is 5.75 Å². The van der Waals surface area contributed by atoms with Gasteiger partial charge in [-0.15, -0.1) is 0 Å². The first-order valence-electron chi connectivity index (χ1n) is 9.59. The summed E-state index contributed by atoms with van der Waals surface area (Å²) in [6.45, 7) is 6.37. The molecule has 0 aliphatic carbocycles. The molecule has 0 aliphatic heterocycles. The van der Waals surface area contributed by atoms with Gasteiger partial charge in [-0.1, -0.05) is 37.3 Å². The van der Waals surface area contributed by atoms with Gasteiger partial charge < -0.3 is 10.1 Å². The van der Waals surface area contributed by atoms with Crippen molar-refractivity contribution in [3.63, 3.8) is 0 Å². The summed E-state index contributed by atoms with van der Waals surface area (Å²) >= 11 is 0. The second kappa shape index (κ2) is 9.89. The number of carbonyl (C=O) groups is 1. The van der Waals surface area contributed by atoms with E-state index in [0.29, 0.717) is 5.75 Å². The quantitative estimate of drug-likeness (QED) is 0.678. The van der Waals surface area contributed by atoms with Crippen LogP contribution in [0.15, 0.2) is 42.5 Å². The number of amides is 1. The molecule has 0 aromatic heterocycles. The highest BCUT2D eigenvalue weighted by molar-refractivity contribution is 7.88. The van der Waals surface area contributed by atoms with Crippen LogP contribution in [-0.2, 0) is 21.4 Å². The Bertz CT molecular complexity index is 940. The first kappa shape index (κ1) is 22.9. The van der Waals surface area contributed by atoms with Crippen molar-refractivity contribution in [3.05, 3.63) is 64.7 Å². The zero-order valence-electron chi connectivity index (χ0n) is 17.7. The molecule has 0 aliphatic rings. The Balaban J connectivity index is 1.90. The van der Waals surface area contributed by atoms with Crippen LogP contribution in [0.2, 0.25) is 0 Å². The molecule has 6 nitrogen and oxygen atoms in total. The fraction of sp³-hybridized carbons (Fsp3) is 0.409. The van der Waals surface area contributed by atoms with Gasteiger partial charge in [-0.25, -0.2) is 12.7 Å². The van der Waals surface area contributed by atoms with Crippen LogP contribution in [0.5, 0.6) is 5.75 Å². The molecule has 1 N–H and O–H groups in total. The fourth-order valence-electron chi connectivity index (χ4n) is 2.85. The van der Waals surface area contributed by atoms with Gasteiger partial charge in [0.05, 0.1) is 12.3 Å². The Kier molecular flexibility index (Phi) is 7.81. The first-order valence-corrected chi connectivity index (χ1v) is 11.4. The molecule has 0 bridgehead atoms. The van der Waals surface area contributed by atoms with E-state index < -0.39 is 10.0 Å². The zero-order valence-corrected chi connectivity index (χ0v) is 18.5. The molecule has 0 saturated carbocycles. The number of nitrogens with one attached hydrogen (secondary N) is 1. The number of hydrogen-bond donors (Lipinski definition) is 1. The number of benzene rings is 2. The number of carbonyl (C=O) groups excluding carboxylic acids is 1. The number of aryl methyl sites for hydroxylation is 2. The summed E-state index contributed by atoms with van der Waals surface area (Å²) < 4.78 is 29.8. The summed E-state index contributed by atoms with van der Waals surface area (Å²) in [5, 5.41) is 3.02. The molecule has 0 spiro atoms. The highest BCUT2D eigenvalue weighted by Crippen LogP contribution is 2.20. The van der Waals surface area contributed by atoms with Crippen molar-refractivity contribution in [1.29, 1.82) is 0 Å². The van der Waals surface area contributed by atoms with Gasteiger partial charge in [0, 0.05) is 13.6 Å². The minimum Gasteiger partial charge on any atom is -0.484 e. The third-order valence-corrected chi connectivity index (χ3v) is 6.20. The van der Waals surface area contributed by atoms with E-state index in [4.69, 9.17) is 4.74 Å². The maximum Gasteiger partial charge on any atom is 0.258 e. The fourth-order valence-corrected chi connectivity index (χ4v) is 3.24. The van der Waals surface area contributed by atoms with Crippen molar-refractivity contribution < 1.29 is 17.9 Å². The van der Waals surface area contributed by atoms with Crippen LogP contribution in [-0.4, -0.2) is 38.5 Å². The van der Waals surface area contributed by atoms with Crippen LogP contribution in [0, 0.1) is 13.8 Å². The lowest BCUT2D eigenvalue weighted by Gasteiger charge is -2.19. The van der Waals surface area contributed by atoms with Crippen molar-refractivity contribution >= 4 is 15.9 Å². The Labute approximate surface area is 173 Å². The van der Waals surface area contributed by atoms with Gasteiger partial charge in [0.15, 0.2) is 6.61 Å². The van der Waals surface area contributed by atoms with Crippen molar-refractivity contribution in [2.45, 2.75) is 39.8 Å². The molecule has 0 saturated heterocycles. The standard InChI is InChI=1S/C22H30N2O4S/c1-6-21(19-10-7-16(2)17(3)13-19)23-22(25)15-28-20-11-8-18(9-12-20)14-24(4)29(5,26)27/h7-13,21H,6,14-15H2,1-5H3,(H,23,25)/t21-/m1/s1. The predicted octanol–water partition coefficient (Wildman–Crippen LogP) is 3.34. The van der Waals surface area contributed by atoms with E-state index in [2.05, 4.69) is 31.3 Å². The summed E-state index contributed by atoms with van der Waals surface area (Å²) in [4.78, 5) is 12.3. The van der Waals surface area contributed by atoms with Crippen LogP contribution in [0.4, 0.5) is 0 Å². The van der Waals surface area contributed by atoms with Crippen LogP contribution in [0.25, 0.3) is 0 Å². The third-order valence-electron chi connectivity index (χ3n) is 4.94. The summed E-state index contributed by atoms with van der Waals surface area (Å²) in [5.74, 6) is 0.376. The van der Waals surface area contributed by atoms with Crippen LogP contribution in [0.3, 0.4) is 0 Å². The maximum atomic E-state index is 12.3. The molecule has 2 aromatic rings. The average Bonchev–Trinajstić information content (AvgIpc) is 2.67. The van der Waals surface area contributed by atoms with Crippen LogP contribution < -0.4 is 10.1 Å². The van der Waals surface area contributed by atoms with Gasteiger partial charge in [0.25, 0.3) is 5.91 Å². The second-order valence-electron chi connectivity index (χ2n) is 7.32. The molecule has 29 heavy (non-hydrogen) atoms. The molecule has 0 unspecified atom stereocenters. The molecular formula is C22H30N2O4S. The lowest BCUT2D eigenvalue weighted by Crippen LogP contribution is -2.32. The van der Waals surface area contributed by atoms with Gasteiger partial charge in [-0.05, 0) is 54.7 Å². The predicted molar refractivity (Wildman–Crippen MR) is 115 cm³/mol. The Hall–Kier alpha value is -2.38. The summed E-state index contributed by atoms with van der Waals surface area (Å²) in [7, 11) is -1.69. The number of ether oxygens (including phenoxy) is 1. The number of rotatable bonds is 9. The Morgan fingerprint density at radius 3 is 2.31 bits per heavy atom. The van der Waals surface area contributed by atoms with Crippen molar-refractivity contribution in [2.24, 2.45) is 0 Å². The molecule has 7 heteroatoms. The monoisotopic (exact) mass is 418 g/mol. The normalized spacial score (nSPS) is 12.6. The lowest BCUT2D eigenvalue weighted by atomic mass is 9.99. The highest BCUT2D eigenvalue weighted by Gasteiger charge is 2.14. The Morgan fingerprint density at radius 1 is 1.10 bits per heavy atom. The van der Waals surface area contributed by atoms with Crippen LogP contribution >= 0.6 is 0 Å². The van der Waals surface area contributed by atoms with E-state index >= 15 is 0 Å². The van der Waals surface area contributed by atoms with Crippen molar-refractivity contribution in [1.82, 2.24) is 9.62 Å². The van der Waals surface area contributed by atoms with E-state index in [9.17, 15) is 13.2 Å². The maximum absolute atomic E-state index is 12.3. The highest BCUT2D eigenvalue weighted by atomic mass is 32.2. The van der Waals surface area contributed by atoms with Gasteiger partial charge in [0.1, 0.15) is 5.75 Å². The molecule has 158 valence electrons. The molecule has 2 rings (SSSR count).